The third-order valence-corrected chi connectivity index (χ3v) is 5.55. The predicted molar refractivity (Wildman–Crippen MR) is 98.6 cm³/mol. The highest BCUT2D eigenvalue weighted by molar-refractivity contribution is 7.18. The molecule has 0 saturated carbocycles. The van der Waals surface area contributed by atoms with Gasteiger partial charge in [-0.3, -0.25) is 4.79 Å². The Morgan fingerprint density at radius 1 is 1.33 bits per heavy atom. The van der Waals surface area contributed by atoms with Gasteiger partial charge in [-0.2, -0.15) is 0 Å². The number of carbonyl (C=O) groups is 1. The number of hydrogen-bond donors (Lipinski definition) is 1. The minimum atomic E-state index is 0.115. The Hall–Kier alpha value is -1.66. The van der Waals surface area contributed by atoms with Gasteiger partial charge in [0.05, 0.1) is 5.02 Å². The van der Waals surface area contributed by atoms with Crippen LogP contribution >= 0.6 is 22.9 Å². The molecule has 0 spiro atoms. The minimum Gasteiger partial charge on any atom is -0.356 e. The molecule has 1 amide bonds. The summed E-state index contributed by atoms with van der Waals surface area (Å²) in [7, 11) is 0. The Kier molecular flexibility index (Phi) is 5.68. The number of piperidine rings is 1. The standard InChI is InChI=1S/C17H21ClN4OS/c1-2-9-19-15(23)12-7-10-22(11-8-12)17-21-20-16(24-17)13-5-3-4-6-14(13)18/h3-6,12H,2,7-11H2,1H3,(H,19,23). The molecule has 0 radical (unpaired) electrons. The lowest BCUT2D eigenvalue weighted by atomic mass is 9.96. The quantitative estimate of drug-likeness (QED) is 0.880. The van der Waals surface area contributed by atoms with E-state index in [1.54, 1.807) is 11.3 Å². The number of rotatable bonds is 5. The molecule has 128 valence electrons. The summed E-state index contributed by atoms with van der Waals surface area (Å²) in [5, 5.41) is 14.0. The van der Waals surface area contributed by atoms with Crippen LogP contribution in [0, 0.1) is 5.92 Å². The first kappa shape index (κ1) is 17.2. The van der Waals surface area contributed by atoms with E-state index in [1.807, 2.05) is 24.3 Å². The van der Waals surface area contributed by atoms with Crippen LogP contribution in [0.5, 0.6) is 0 Å². The number of amides is 1. The van der Waals surface area contributed by atoms with Crippen molar-refractivity contribution in [2.45, 2.75) is 26.2 Å². The molecule has 2 aromatic rings. The van der Waals surface area contributed by atoms with Crippen molar-refractivity contribution in [3.63, 3.8) is 0 Å². The van der Waals surface area contributed by atoms with Crippen LogP contribution in [-0.2, 0) is 4.79 Å². The summed E-state index contributed by atoms with van der Waals surface area (Å²) in [6.45, 7) is 4.49. The van der Waals surface area contributed by atoms with Crippen LogP contribution in [0.3, 0.4) is 0 Å². The van der Waals surface area contributed by atoms with Gasteiger partial charge in [-0.1, -0.05) is 48.1 Å². The summed E-state index contributed by atoms with van der Waals surface area (Å²) >= 11 is 7.78. The molecule has 1 fully saturated rings. The first-order chi connectivity index (χ1) is 11.7. The van der Waals surface area contributed by atoms with Gasteiger partial charge in [0, 0.05) is 31.1 Å². The second-order valence-corrected chi connectivity index (χ2v) is 7.29. The summed E-state index contributed by atoms with van der Waals surface area (Å²) < 4.78 is 0. The second kappa shape index (κ2) is 7.94. The van der Waals surface area contributed by atoms with E-state index in [0.717, 1.165) is 54.6 Å². The van der Waals surface area contributed by atoms with Crippen molar-refractivity contribution in [3.8, 4) is 10.6 Å². The largest absolute Gasteiger partial charge is 0.356 e. The zero-order chi connectivity index (χ0) is 16.9. The monoisotopic (exact) mass is 364 g/mol. The van der Waals surface area contributed by atoms with Crippen LogP contribution in [0.4, 0.5) is 5.13 Å². The Morgan fingerprint density at radius 2 is 2.08 bits per heavy atom. The number of halogens is 1. The Labute approximate surface area is 151 Å². The molecule has 0 unspecified atom stereocenters. The van der Waals surface area contributed by atoms with Crippen LogP contribution in [-0.4, -0.2) is 35.7 Å². The maximum absolute atomic E-state index is 12.1. The summed E-state index contributed by atoms with van der Waals surface area (Å²) in [6.07, 6.45) is 2.69. The van der Waals surface area contributed by atoms with Gasteiger partial charge in [-0.25, -0.2) is 0 Å². The average molecular weight is 365 g/mol. The van der Waals surface area contributed by atoms with Gasteiger partial charge in [0.1, 0.15) is 0 Å². The molecule has 1 N–H and O–H groups in total. The normalized spacial score (nSPS) is 15.5. The van der Waals surface area contributed by atoms with E-state index >= 15 is 0 Å². The first-order valence-electron chi connectivity index (χ1n) is 8.30. The fourth-order valence-corrected chi connectivity index (χ4v) is 4.03. The number of hydrogen-bond acceptors (Lipinski definition) is 5. The van der Waals surface area contributed by atoms with Crippen molar-refractivity contribution in [1.82, 2.24) is 15.5 Å². The summed E-state index contributed by atoms with van der Waals surface area (Å²) in [5.74, 6) is 0.300. The summed E-state index contributed by atoms with van der Waals surface area (Å²) in [5.41, 5.74) is 0.914. The third-order valence-electron chi connectivity index (χ3n) is 4.20. The van der Waals surface area contributed by atoms with E-state index in [4.69, 9.17) is 11.6 Å². The molecular weight excluding hydrogens is 344 g/mol. The van der Waals surface area contributed by atoms with E-state index in [1.165, 1.54) is 0 Å². The van der Waals surface area contributed by atoms with Crippen LogP contribution in [0.25, 0.3) is 10.6 Å². The highest BCUT2D eigenvalue weighted by Gasteiger charge is 2.26. The molecule has 5 nitrogen and oxygen atoms in total. The van der Waals surface area contributed by atoms with E-state index in [0.29, 0.717) is 5.02 Å². The molecule has 0 atom stereocenters. The maximum Gasteiger partial charge on any atom is 0.223 e. The molecule has 1 saturated heterocycles. The van der Waals surface area contributed by atoms with Gasteiger partial charge in [-0.15, -0.1) is 10.2 Å². The van der Waals surface area contributed by atoms with Crippen LogP contribution in [0.2, 0.25) is 5.02 Å². The fraction of sp³-hybridized carbons (Fsp3) is 0.471. The minimum absolute atomic E-state index is 0.115. The average Bonchev–Trinajstić information content (AvgIpc) is 3.10. The number of nitrogens with one attached hydrogen (secondary N) is 1. The van der Waals surface area contributed by atoms with Gasteiger partial charge in [0.15, 0.2) is 5.01 Å². The molecule has 0 bridgehead atoms. The van der Waals surface area contributed by atoms with Crippen molar-refractivity contribution in [1.29, 1.82) is 0 Å². The Morgan fingerprint density at radius 3 is 2.79 bits per heavy atom. The highest BCUT2D eigenvalue weighted by atomic mass is 35.5. The van der Waals surface area contributed by atoms with Gasteiger partial charge >= 0.3 is 0 Å². The van der Waals surface area contributed by atoms with Crippen LogP contribution < -0.4 is 10.2 Å². The predicted octanol–water partition coefficient (Wildman–Crippen LogP) is 3.60. The zero-order valence-corrected chi connectivity index (χ0v) is 15.2. The number of benzene rings is 1. The van der Waals surface area contributed by atoms with Crippen LogP contribution in [0.1, 0.15) is 26.2 Å². The van der Waals surface area contributed by atoms with Crippen LogP contribution in [0.15, 0.2) is 24.3 Å². The first-order valence-corrected chi connectivity index (χ1v) is 9.49. The zero-order valence-electron chi connectivity index (χ0n) is 13.7. The van der Waals surface area contributed by atoms with Gasteiger partial charge in [-0.05, 0) is 25.3 Å². The van der Waals surface area contributed by atoms with Crippen molar-refractivity contribution in [2.75, 3.05) is 24.5 Å². The number of anilines is 1. The van der Waals surface area contributed by atoms with Gasteiger partial charge in [0.25, 0.3) is 0 Å². The Bertz CT molecular complexity index is 697. The molecule has 2 heterocycles. The number of nitrogens with zero attached hydrogens (tertiary/aromatic N) is 3. The maximum atomic E-state index is 12.1. The smallest absolute Gasteiger partial charge is 0.223 e. The molecule has 0 aliphatic carbocycles. The molecular formula is C17H21ClN4OS. The third kappa shape index (κ3) is 3.87. The van der Waals surface area contributed by atoms with E-state index in [-0.39, 0.29) is 11.8 Å². The topological polar surface area (TPSA) is 58.1 Å². The number of aromatic nitrogens is 2. The Balaban J connectivity index is 1.62. The van der Waals surface area contributed by atoms with Gasteiger partial charge in [0.2, 0.25) is 11.0 Å². The molecule has 1 aliphatic rings. The molecule has 7 heteroatoms. The summed E-state index contributed by atoms with van der Waals surface area (Å²) in [4.78, 5) is 14.3. The SMILES string of the molecule is CCCNC(=O)C1CCN(c2nnc(-c3ccccc3Cl)s2)CC1. The lowest BCUT2D eigenvalue weighted by Gasteiger charge is -2.30. The van der Waals surface area contributed by atoms with E-state index in [2.05, 4.69) is 27.3 Å². The fourth-order valence-electron chi connectivity index (χ4n) is 2.81. The van der Waals surface area contributed by atoms with Gasteiger partial charge < -0.3 is 10.2 Å². The second-order valence-electron chi connectivity index (χ2n) is 5.92. The summed E-state index contributed by atoms with van der Waals surface area (Å²) in [6, 6.07) is 7.67. The molecule has 24 heavy (non-hydrogen) atoms. The molecule has 3 rings (SSSR count). The molecule has 1 aliphatic heterocycles. The van der Waals surface area contributed by atoms with Crippen molar-refractivity contribution < 1.29 is 4.79 Å². The highest BCUT2D eigenvalue weighted by Crippen LogP contribution is 2.34. The van der Waals surface area contributed by atoms with E-state index < -0.39 is 0 Å². The van der Waals surface area contributed by atoms with E-state index in [9.17, 15) is 4.79 Å². The van der Waals surface area contributed by atoms with Crippen molar-refractivity contribution in [3.05, 3.63) is 29.3 Å². The number of carbonyl (C=O) groups excluding carboxylic acids is 1. The van der Waals surface area contributed by atoms with Crippen molar-refractivity contribution >= 4 is 34.0 Å². The lowest BCUT2D eigenvalue weighted by molar-refractivity contribution is -0.125. The van der Waals surface area contributed by atoms with Crippen molar-refractivity contribution in [2.24, 2.45) is 5.92 Å². The molecule has 1 aromatic carbocycles. The molecule has 1 aromatic heterocycles. The lowest BCUT2D eigenvalue weighted by Crippen LogP contribution is -2.40.